The number of carbonyl (C=O) groups is 1. The van der Waals surface area contributed by atoms with Gasteiger partial charge in [-0.25, -0.2) is 4.98 Å². The van der Waals surface area contributed by atoms with Gasteiger partial charge in [0.15, 0.2) is 5.76 Å². The molecule has 1 aliphatic rings. The summed E-state index contributed by atoms with van der Waals surface area (Å²) in [5.74, 6) is 0.410. The maximum Gasteiger partial charge on any atom is 0.417 e. The van der Waals surface area contributed by atoms with E-state index in [1.54, 1.807) is 22.8 Å². The number of hydrogen-bond acceptors (Lipinski definition) is 4. The number of amides is 1. The molecule has 3 heterocycles. The summed E-state index contributed by atoms with van der Waals surface area (Å²) >= 11 is 6.02. The Labute approximate surface area is 153 Å². The molecule has 0 N–H and O–H groups in total. The molecule has 0 spiro atoms. The first-order valence-electron chi connectivity index (χ1n) is 8.08. The summed E-state index contributed by atoms with van der Waals surface area (Å²) in [6, 6.07) is 2.60. The SMILES string of the molecule is Cc1ccoc1C(=O)N1CCCN(c2ncc(C(F)(F)F)cc2Cl)CC1. The Morgan fingerprint density at radius 2 is 2.04 bits per heavy atom. The number of aromatic nitrogens is 1. The summed E-state index contributed by atoms with van der Waals surface area (Å²) in [5.41, 5.74) is -0.116. The third-order valence-electron chi connectivity index (χ3n) is 4.29. The molecule has 1 saturated heterocycles. The van der Waals surface area contributed by atoms with E-state index in [0.717, 1.165) is 17.8 Å². The third kappa shape index (κ3) is 3.80. The molecule has 9 heteroatoms. The van der Waals surface area contributed by atoms with Crippen LogP contribution >= 0.6 is 11.6 Å². The lowest BCUT2D eigenvalue weighted by atomic mass is 10.2. The van der Waals surface area contributed by atoms with Crippen molar-refractivity contribution in [1.29, 1.82) is 0 Å². The minimum atomic E-state index is -4.49. The maximum atomic E-state index is 12.7. The first-order chi connectivity index (χ1) is 12.3. The van der Waals surface area contributed by atoms with Crippen molar-refractivity contribution in [2.75, 3.05) is 31.1 Å². The van der Waals surface area contributed by atoms with Gasteiger partial charge in [0.05, 0.1) is 16.8 Å². The van der Waals surface area contributed by atoms with Crippen LogP contribution < -0.4 is 4.90 Å². The average molecular weight is 388 g/mol. The van der Waals surface area contributed by atoms with Crippen molar-refractivity contribution in [2.45, 2.75) is 19.5 Å². The van der Waals surface area contributed by atoms with Crippen LogP contribution in [0.5, 0.6) is 0 Å². The quantitative estimate of drug-likeness (QED) is 0.781. The van der Waals surface area contributed by atoms with Gasteiger partial charge in [0, 0.05) is 37.9 Å². The van der Waals surface area contributed by atoms with Gasteiger partial charge in [-0.15, -0.1) is 0 Å². The van der Waals surface area contributed by atoms with E-state index in [1.807, 2.05) is 0 Å². The molecule has 140 valence electrons. The van der Waals surface area contributed by atoms with Crippen LogP contribution in [-0.2, 0) is 6.18 Å². The second-order valence-corrected chi connectivity index (χ2v) is 6.50. The van der Waals surface area contributed by atoms with Crippen LogP contribution in [0.1, 0.15) is 28.1 Å². The van der Waals surface area contributed by atoms with Gasteiger partial charge in [-0.1, -0.05) is 11.6 Å². The van der Waals surface area contributed by atoms with Gasteiger partial charge in [0.25, 0.3) is 5.91 Å². The minimum absolute atomic E-state index is 0.0542. The number of hydrogen-bond donors (Lipinski definition) is 0. The van der Waals surface area contributed by atoms with E-state index in [9.17, 15) is 18.0 Å². The van der Waals surface area contributed by atoms with Gasteiger partial charge < -0.3 is 14.2 Å². The van der Waals surface area contributed by atoms with Crippen LogP contribution in [0.25, 0.3) is 0 Å². The predicted octanol–water partition coefficient (Wildman–Crippen LogP) is 4.01. The van der Waals surface area contributed by atoms with Crippen molar-refractivity contribution in [2.24, 2.45) is 0 Å². The molecule has 26 heavy (non-hydrogen) atoms. The van der Waals surface area contributed by atoms with Crippen LogP contribution in [0.2, 0.25) is 5.02 Å². The van der Waals surface area contributed by atoms with Gasteiger partial charge in [-0.2, -0.15) is 13.2 Å². The normalized spacial score (nSPS) is 15.9. The molecule has 1 aliphatic heterocycles. The molecule has 1 amide bonds. The number of anilines is 1. The Balaban J connectivity index is 1.73. The Bertz CT molecular complexity index is 807. The van der Waals surface area contributed by atoms with Crippen molar-refractivity contribution < 1.29 is 22.4 Å². The Kier molecular flexibility index (Phi) is 5.13. The van der Waals surface area contributed by atoms with Crippen LogP contribution in [0.3, 0.4) is 0 Å². The summed E-state index contributed by atoms with van der Waals surface area (Å²) < 4.78 is 43.5. The van der Waals surface area contributed by atoms with Crippen LogP contribution in [0.4, 0.5) is 19.0 Å². The van der Waals surface area contributed by atoms with Gasteiger partial charge in [0.2, 0.25) is 0 Å². The lowest BCUT2D eigenvalue weighted by Gasteiger charge is -2.23. The fraction of sp³-hybridized carbons (Fsp3) is 0.412. The molecule has 0 saturated carbocycles. The Morgan fingerprint density at radius 3 is 2.65 bits per heavy atom. The summed E-state index contributed by atoms with van der Waals surface area (Å²) in [5, 5.41) is -0.0542. The molecule has 0 unspecified atom stereocenters. The summed E-state index contributed by atoms with van der Waals surface area (Å²) in [6.45, 7) is 3.68. The molecule has 2 aromatic rings. The lowest BCUT2D eigenvalue weighted by Crippen LogP contribution is -2.35. The highest BCUT2D eigenvalue weighted by molar-refractivity contribution is 6.33. The van der Waals surface area contributed by atoms with E-state index in [2.05, 4.69) is 4.98 Å². The monoisotopic (exact) mass is 387 g/mol. The van der Waals surface area contributed by atoms with E-state index in [4.69, 9.17) is 16.0 Å². The highest BCUT2D eigenvalue weighted by Gasteiger charge is 2.32. The standard InChI is InChI=1S/C17H17ClF3N3O2/c1-11-3-8-26-14(11)16(25)24-5-2-4-23(6-7-24)15-13(18)9-12(10-22-15)17(19,20)21/h3,8-10H,2,4-7H2,1H3. The fourth-order valence-electron chi connectivity index (χ4n) is 2.89. The zero-order valence-corrected chi connectivity index (χ0v) is 14.8. The zero-order valence-electron chi connectivity index (χ0n) is 14.0. The summed E-state index contributed by atoms with van der Waals surface area (Å²) in [7, 11) is 0. The smallest absolute Gasteiger partial charge is 0.417 e. The second kappa shape index (κ2) is 7.19. The van der Waals surface area contributed by atoms with Crippen molar-refractivity contribution in [1.82, 2.24) is 9.88 Å². The predicted molar refractivity (Wildman–Crippen MR) is 90.4 cm³/mol. The van der Waals surface area contributed by atoms with Gasteiger partial charge in [-0.3, -0.25) is 4.79 Å². The molecule has 0 aliphatic carbocycles. The average Bonchev–Trinajstić information content (AvgIpc) is 2.86. The minimum Gasteiger partial charge on any atom is -0.459 e. The van der Waals surface area contributed by atoms with Crippen molar-refractivity contribution >= 4 is 23.3 Å². The Morgan fingerprint density at radius 1 is 1.27 bits per heavy atom. The lowest BCUT2D eigenvalue weighted by molar-refractivity contribution is -0.137. The van der Waals surface area contributed by atoms with Gasteiger partial charge in [0.1, 0.15) is 5.82 Å². The number of halogens is 4. The van der Waals surface area contributed by atoms with Crippen LogP contribution in [0.15, 0.2) is 29.0 Å². The number of rotatable bonds is 2. The molecule has 2 aromatic heterocycles. The molecule has 1 fully saturated rings. The first-order valence-corrected chi connectivity index (χ1v) is 8.46. The second-order valence-electron chi connectivity index (χ2n) is 6.09. The molecule has 0 atom stereocenters. The molecule has 0 aromatic carbocycles. The van der Waals surface area contributed by atoms with E-state index >= 15 is 0 Å². The number of alkyl halides is 3. The van der Waals surface area contributed by atoms with Crippen molar-refractivity contribution in [3.05, 3.63) is 46.5 Å². The zero-order chi connectivity index (χ0) is 18.9. The third-order valence-corrected chi connectivity index (χ3v) is 4.57. The first kappa shape index (κ1) is 18.6. The molecule has 5 nitrogen and oxygen atoms in total. The molecule has 3 rings (SSSR count). The fourth-order valence-corrected chi connectivity index (χ4v) is 3.17. The molecular weight excluding hydrogens is 371 g/mol. The molecular formula is C17H17ClF3N3O2. The number of aryl methyl sites for hydroxylation is 1. The van der Waals surface area contributed by atoms with E-state index in [0.29, 0.717) is 44.2 Å². The van der Waals surface area contributed by atoms with Crippen molar-refractivity contribution in [3.8, 4) is 0 Å². The van der Waals surface area contributed by atoms with Crippen molar-refractivity contribution in [3.63, 3.8) is 0 Å². The highest BCUT2D eigenvalue weighted by atomic mass is 35.5. The summed E-state index contributed by atoms with van der Waals surface area (Å²) in [6.07, 6.45) is -1.59. The number of carbonyl (C=O) groups excluding carboxylic acids is 1. The van der Waals surface area contributed by atoms with Crippen LogP contribution in [-0.4, -0.2) is 42.0 Å². The van der Waals surface area contributed by atoms with E-state index < -0.39 is 11.7 Å². The topological polar surface area (TPSA) is 49.6 Å². The van der Waals surface area contributed by atoms with Crippen LogP contribution in [0, 0.1) is 6.92 Å². The Hall–Kier alpha value is -2.22. The highest BCUT2D eigenvalue weighted by Crippen LogP contribution is 2.33. The number of furan rings is 1. The molecule has 0 bridgehead atoms. The maximum absolute atomic E-state index is 12.7. The number of pyridine rings is 1. The van der Waals surface area contributed by atoms with Gasteiger partial charge >= 0.3 is 6.18 Å². The number of nitrogens with zero attached hydrogens (tertiary/aromatic N) is 3. The van der Waals surface area contributed by atoms with Gasteiger partial charge in [-0.05, 0) is 25.5 Å². The van der Waals surface area contributed by atoms with E-state index in [-0.39, 0.29) is 10.9 Å². The summed E-state index contributed by atoms with van der Waals surface area (Å²) in [4.78, 5) is 19.9. The van der Waals surface area contributed by atoms with E-state index in [1.165, 1.54) is 6.26 Å². The largest absolute Gasteiger partial charge is 0.459 e. The molecule has 0 radical (unpaired) electrons.